The summed E-state index contributed by atoms with van der Waals surface area (Å²) >= 11 is 0. The number of allylic oxidation sites excluding steroid dienone is 1. The Labute approximate surface area is 92.2 Å². The van der Waals surface area contributed by atoms with Crippen LogP contribution in [0.5, 0.6) is 0 Å². The van der Waals surface area contributed by atoms with Crippen molar-refractivity contribution in [3.8, 4) is 0 Å². The normalized spacial score (nSPS) is 15.0. The zero-order chi connectivity index (χ0) is 11.1. The Morgan fingerprint density at radius 3 is 2.73 bits per heavy atom. The number of hydrogen-bond donors (Lipinski definition) is 1. The summed E-state index contributed by atoms with van der Waals surface area (Å²) in [7, 11) is 0. The molecule has 1 heteroatoms. The van der Waals surface area contributed by atoms with E-state index in [1.807, 2.05) is 0 Å². The van der Waals surface area contributed by atoms with Crippen LogP contribution in [0.3, 0.4) is 0 Å². The Bertz CT molecular complexity index is 396. The van der Waals surface area contributed by atoms with Gasteiger partial charge in [0, 0.05) is 17.8 Å². The largest absolute Gasteiger partial charge is 0.359 e. The number of anilines is 1. The number of fused-ring (bicyclic) bond motifs is 1. The van der Waals surface area contributed by atoms with Crippen LogP contribution >= 0.6 is 0 Å². The van der Waals surface area contributed by atoms with Gasteiger partial charge in [0.15, 0.2) is 0 Å². The molecule has 1 nitrogen and oxygen atoms in total. The monoisotopic (exact) mass is 201 g/mol. The smallest absolute Gasteiger partial charge is 0.0421 e. The number of benzene rings is 1. The first-order chi connectivity index (χ1) is 6.94. The van der Waals surface area contributed by atoms with Crippen molar-refractivity contribution in [2.24, 2.45) is 5.41 Å². The highest BCUT2D eigenvalue weighted by Crippen LogP contribution is 2.30. The molecule has 1 aromatic rings. The van der Waals surface area contributed by atoms with Crippen molar-refractivity contribution in [1.29, 1.82) is 0 Å². The molecular formula is C14H19N. The Kier molecular flexibility index (Phi) is 2.34. The molecule has 0 amide bonds. The summed E-state index contributed by atoms with van der Waals surface area (Å²) in [5.74, 6) is 0. The van der Waals surface area contributed by atoms with E-state index in [2.05, 4.69) is 50.9 Å². The van der Waals surface area contributed by atoms with Gasteiger partial charge in [-0.3, -0.25) is 0 Å². The number of rotatable bonds is 1. The van der Waals surface area contributed by atoms with Crippen molar-refractivity contribution in [3.05, 3.63) is 41.6 Å². The molecule has 0 atom stereocenters. The summed E-state index contributed by atoms with van der Waals surface area (Å²) in [6.45, 7) is 10.8. The van der Waals surface area contributed by atoms with Crippen LogP contribution in [0.2, 0.25) is 0 Å². The molecule has 1 heterocycles. The lowest BCUT2D eigenvalue weighted by Gasteiger charge is -2.18. The van der Waals surface area contributed by atoms with Crippen LogP contribution < -0.4 is 5.32 Å². The van der Waals surface area contributed by atoms with Gasteiger partial charge in [-0.15, -0.1) is 0 Å². The van der Waals surface area contributed by atoms with E-state index >= 15 is 0 Å². The molecule has 1 aliphatic heterocycles. The van der Waals surface area contributed by atoms with Gasteiger partial charge in [-0.25, -0.2) is 0 Å². The van der Waals surface area contributed by atoms with Crippen LogP contribution in [0, 0.1) is 5.41 Å². The molecule has 0 fully saturated rings. The van der Waals surface area contributed by atoms with Crippen LogP contribution in [0.25, 0.3) is 0 Å². The third-order valence-corrected chi connectivity index (χ3v) is 2.62. The Hall–Kier alpha value is -1.24. The molecule has 1 aromatic carbocycles. The molecule has 0 aliphatic carbocycles. The maximum atomic E-state index is 3.96. The van der Waals surface area contributed by atoms with Gasteiger partial charge in [-0.1, -0.05) is 39.5 Å². The van der Waals surface area contributed by atoms with Crippen molar-refractivity contribution in [3.63, 3.8) is 0 Å². The quantitative estimate of drug-likeness (QED) is 0.729. The first-order valence-electron chi connectivity index (χ1n) is 5.51. The van der Waals surface area contributed by atoms with E-state index in [1.165, 1.54) is 16.8 Å². The average molecular weight is 201 g/mol. The number of hydrogen-bond acceptors (Lipinski definition) is 1. The lowest BCUT2D eigenvalue weighted by molar-refractivity contribution is 0.411. The molecule has 2 rings (SSSR count). The standard InChI is InChI=1S/C14H19N/c1-10-7-12-6-5-11(8-13(12)15-10)9-14(2,3)4/h5-6,8,15H,1,7,9H2,2-4H3. The molecule has 0 saturated heterocycles. The fraction of sp³-hybridized carbons (Fsp3) is 0.429. The van der Waals surface area contributed by atoms with Crippen LogP contribution in [-0.2, 0) is 12.8 Å². The minimum Gasteiger partial charge on any atom is -0.359 e. The SMILES string of the molecule is C=C1Cc2ccc(CC(C)(C)C)cc2N1. The van der Waals surface area contributed by atoms with Crippen molar-refractivity contribution in [2.75, 3.05) is 5.32 Å². The second kappa shape index (κ2) is 3.41. The van der Waals surface area contributed by atoms with Gasteiger partial charge in [0.1, 0.15) is 0 Å². The summed E-state index contributed by atoms with van der Waals surface area (Å²) < 4.78 is 0. The first-order valence-corrected chi connectivity index (χ1v) is 5.51. The predicted octanol–water partition coefficient (Wildman–Crippen LogP) is 3.76. The van der Waals surface area contributed by atoms with Gasteiger partial charge >= 0.3 is 0 Å². The molecule has 15 heavy (non-hydrogen) atoms. The Morgan fingerprint density at radius 2 is 2.07 bits per heavy atom. The fourth-order valence-electron chi connectivity index (χ4n) is 2.08. The molecule has 0 spiro atoms. The average Bonchev–Trinajstić information content (AvgIpc) is 2.40. The minimum atomic E-state index is 0.351. The highest BCUT2D eigenvalue weighted by Gasteiger charge is 2.16. The third-order valence-electron chi connectivity index (χ3n) is 2.62. The van der Waals surface area contributed by atoms with Gasteiger partial charge < -0.3 is 5.32 Å². The van der Waals surface area contributed by atoms with Crippen molar-refractivity contribution in [2.45, 2.75) is 33.6 Å². The lowest BCUT2D eigenvalue weighted by atomic mass is 9.88. The molecule has 1 N–H and O–H groups in total. The highest BCUT2D eigenvalue weighted by molar-refractivity contribution is 5.62. The summed E-state index contributed by atoms with van der Waals surface area (Å²) in [6.07, 6.45) is 2.10. The molecule has 0 saturated carbocycles. The molecule has 0 unspecified atom stereocenters. The van der Waals surface area contributed by atoms with E-state index in [0.29, 0.717) is 5.41 Å². The summed E-state index contributed by atoms with van der Waals surface area (Å²) in [6, 6.07) is 6.73. The summed E-state index contributed by atoms with van der Waals surface area (Å²) in [5.41, 5.74) is 5.49. The predicted molar refractivity (Wildman–Crippen MR) is 66.1 cm³/mol. The summed E-state index contributed by atoms with van der Waals surface area (Å²) in [4.78, 5) is 0. The molecule has 80 valence electrons. The highest BCUT2D eigenvalue weighted by atomic mass is 14.9. The van der Waals surface area contributed by atoms with Crippen LogP contribution in [-0.4, -0.2) is 0 Å². The maximum Gasteiger partial charge on any atom is 0.0421 e. The van der Waals surface area contributed by atoms with Gasteiger partial charge in [0.2, 0.25) is 0 Å². The Morgan fingerprint density at radius 1 is 1.33 bits per heavy atom. The van der Waals surface area contributed by atoms with E-state index in [4.69, 9.17) is 0 Å². The molecule has 0 aromatic heterocycles. The fourth-order valence-corrected chi connectivity index (χ4v) is 2.08. The zero-order valence-electron chi connectivity index (χ0n) is 9.85. The van der Waals surface area contributed by atoms with Gasteiger partial charge in [0.25, 0.3) is 0 Å². The zero-order valence-corrected chi connectivity index (χ0v) is 9.85. The minimum absolute atomic E-state index is 0.351. The molecule has 0 bridgehead atoms. The van der Waals surface area contributed by atoms with E-state index in [0.717, 1.165) is 18.5 Å². The summed E-state index contributed by atoms with van der Waals surface area (Å²) in [5, 5.41) is 3.33. The van der Waals surface area contributed by atoms with E-state index < -0.39 is 0 Å². The van der Waals surface area contributed by atoms with E-state index in [1.54, 1.807) is 0 Å². The lowest BCUT2D eigenvalue weighted by Crippen LogP contribution is -2.09. The first kappa shape index (κ1) is 10.3. The molecule has 1 aliphatic rings. The second-order valence-electron chi connectivity index (χ2n) is 5.63. The van der Waals surface area contributed by atoms with Gasteiger partial charge in [-0.2, -0.15) is 0 Å². The van der Waals surface area contributed by atoms with Crippen LogP contribution in [0.4, 0.5) is 5.69 Å². The van der Waals surface area contributed by atoms with Crippen molar-refractivity contribution in [1.82, 2.24) is 0 Å². The Balaban J connectivity index is 2.24. The van der Waals surface area contributed by atoms with Gasteiger partial charge in [0.05, 0.1) is 0 Å². The van der Waals surface area contributed by atoms with Crippen molar-refractivity contribution >= 4 is 5.69 Å². The van der Waals surface area contributed by atoms with E-state index in [9.17, 15) is 0 Å². The van der Waals surface area contributed by atoms with Crippen LogP contribution in [0.1, 0.15) is 31.9 Å². The van der Waals surface area contributed by atoms with Crippen LogP contribution in [0.15, 0.2) is 30.5 Å². The maximum absolute atomic E-state index is 3.96. The molecular weight excluding hydrogens is 182 g/mol. The topological polar surface area (TPSA) is 12.0 Å². The van der Waals surface area contributed by atoms with E-state index in [-0.39, 0.29) is 0 Å². The molecule has 0 radical (unpaired) electrons. The second-order valence-corrected chi connectivity index (χ2v) is 5.63. The number of nitrogens with one attached hydrogen (secondary N) is 1. The third kappa shape index (κ3) is 2.41. The van der Waals surface area contributed by atoms with Gasteiger partial charge in [-0.05, 0) is 29.0 Å². The van der Waals surface area contributed by atoms with Crippen molar-refractivity contribution < 1.29 is 0 Å².